The van der Waals surface area contributed by atoms with Crippen LogP contribution < -0.4 is 0 Å². The molecule has 0 aliphatic carbocycles. The second kappa shape index (κ2) is 5.97. The zero-order valence-corrected chi connectivity index (χ0v) is 11.6. The van der Waals surface area contributed by atoms with Crippen LogP contribution in [-0.4, -0.2) is 10.2 Å². The minimum Gasteiger partial charge on any atom is -0.505 e. The van der Waals surface area contributed by atoms with E-state index in [1.165, 1.54) is 0 Å². The lowest BCUT2D eigenvalue weighted by Gasteiger charge is -2.18. The average Bonchev–Trinajstić information content (AvgIpc) is 2.47. The van der Waals surface area contributed by atoms with Crippen LogP contribution in [0.15, 0.2) is 30.3 Å². The molecule has 0 saturated carbocycles. The molecule has 0 amide bonds. The van der Waals surface area contributed by atoms with Gasteiger partial charge < -0.3 is 10.2 Å². The van der Waals surface area contributed by atoms with Crippen molar-refractivity contribution in [3.05, 3.63) is 52.8 Å². The van der Waals surface area contributed by atoms with E-state index in [-0.39, 0.29) is 0 Å². The average molecular weight is 354 g/mol. The summed E-state index contributed by atoms with van der Waals surface area (Å²) in [6, 6.07) is 2.43. The maximum atomic E-state index is 14.1. The molecule has 2 aromatic rings. The summed E-state index contributed by atoms with van der Waals surface area (Å²) in [6.07, 6.45) is -9.80. The first-order valence-corrected chi connectivity index (χ1v) is 6.36. The summed E-state index contributed by atoms with van der Waals surface area (Å²) in [7, 11) is 0. The highest BCUT2D eigenvalue weighted by Gasteiger charge is 2.37. The Labute approximate surface area is 130 Å². The molecule has 0 aliphatic heterocycles. The van der Waals surface area contributed by atoms with Gasteiger partial charge in [-0.15, -0.1) is 0 Å². The van der Waals surface area contributed by atoms with Gasteiger partial charge in [-0.2, -0.15) is 26.3 Å². The Balaban J connectivity index is 2.79. The number of aliphatic hydroxyl groups excluding tert-OH is 1. The Bertz CT molecular complexity index is 764. The number of halogens is 7. The highest BCUT2D eigenvalue weighted by atomic mass is 19.4. The van der Waals surface area contributed by atoms with Gasteiger partial charge in [-0.25, -0.2) is 4.39 Å². The largest absolute Gasteiger partial charge is 0.505 e. The summed E-state index contributed by atoms with van der Waals surface area (Å²) >= 11 is 0. The molecule has 0 unspecified atom stereocenters. The highest BCUT2D eigenvalue weighted by molar-refractivity contribution is 5.74. The fourth-order valence-corrected chi connectivity index (χ4v) is 2.21. The van der Waals surface area contributed by atoms with Crippen molar-refractivity contribution in [2.45, 2.75) is 19.0 Å². The van der Waals surface area contributed by atoms with E-state index in [4.69, 9.17) is 0 Å². The van der Waals surface area contributed by atoms with Gasteiger partial charge in [-0.05, 0) is 35.4 Å². The van der Waals surface area contributed by atoms with E-state index in [1.807, 2.05) is 0 Å². The summed E-state index contributed by atoms with van der Waals surface area (Å²) in [4.78, 5) is 0. The predicted octanol–water partition coefficient (Wildman–Crippen LogP) is 4.73. The molecule has 24 heavy (non-hydrogen) atoms. The fraction of sp³-hybridized carbons (Fsp3) is 0.200. The van der Waals surface area contributed by atoms with E-state index in [9.17, 15) is 40.9 Å². The van der Waals surface area contributed by atoms with Crippen molar-refractivity contribution in [3.8, 4) is 16.9 Å². The third-order valence-corrected chi connectivity index (χ3v) is 3.30. The summed E-state index contributed by atoms with van der Waals surface area (Å²) in [5.74, 6) is -2.74. The number of aromatic hydroxyl groups is 1. The van der Waals surface area contributed by atoms with Crippen molar-refractivity contribution in [1.29, 1.82) is 0 Å². The molecule has 2 N–H and O–H groups in total. The van der Waals surface area contributed by atoms with Crippen molar-refractivity contribution in [1.82, 2.24) is 0 Å². The van der Waals surface area contributed by atoms with Crippen molar-refractivity contribution < 1.29 is 40.9 Å². The Morgan fingerprint density at radius 3 is 2.00 bits per heavy atom. The van der Waals surface area contributed by atoms with Gasteiger partial charge in [0.15, 0.2) is 11.6 Å². The second-order valence-corrected chi connectivity index (χ2v) is 4.85. The molecule has 0 saturated heterocycles. The van der Waals surface area contributed by atoms with Gasteiger partial charge in [0.05, 0.1) is 17.7 Å². The normalized spacial score (nSPS) is 12.5. The topological polar surface area (TPSA) is 40.5 Å². The molecular weight excluding hydrogens is 345 g/mol. The molecule has 2 aromatic carbocycles. The maximum absolute atomic E-state index is 14.1. The lowest BCUT2D eigenvalue weighted by Crippen LogP contribution is -2.11. The molecular formula is C15H9F7O2. The van der Waals surface area contributed by atoms with E-state index in [0.717, 1.165) is 0 Å². The molecule has 0 atom stereocenters. The minimum atomic E-state index is -5.01. The van der Waals surface area contributed by atoms with E-state index < -0.39 is 58.3 Å². The molecule has 9 heteroatoms. The second-order valence-electron chi connectivity index (χ2n) is 4.85. The van der Waals surface area contributed by atoms with Crippen LogP contribution in [0.25, 0.3) is 11.1 Å². The molecule has 0 radical (unpaired) electrons. The van der Waals surface area contributed by atoms with Gasteiger partial charge in [-0.3, -0.25) is 0 Å². The highest BCUT2D eigenvalue weighted by Crippen LogP contribution is 2.43. The molecule has 0 fully saturated rings. The summed E-state index contributed by atoms with van der Waals surface area (Å²) < 4.78 is 91.3. The van der Waals surface area contributed by atoms with Crippen LogP contribution >= 0.6 is 0 Å². The number of benzene rings is 2. The van der Waals surface area contributed by atoms with Crippen LogP contribution in [0.1, 0.15) is 16.7 Å². The van der Waals surface area contributed by atoms with Crippen molar-refractivity contribution >= 4 is 0 Å². The van der Waals surface area contributed by atoms with E-state index >= 15 is 0 Å². The van der Waals surface area contributed by atoms with Crippen LogP contribution in [0.2, 0.25) is 0 Å². The number of phenolic OH excluding ortho intramolecular Hbond substituents is 1. The van der Waals surface area contributed by atoms with Gasteiger partial charge in [-0.1, -0.05) is 6.07 Å². The van der Waals surface area contributed by atoms with Gasteiger partial charge >= 0.3 is 12.4 Å². The van der Waals surface area contributed by atoms with E-state index in [0.29, 0.717) is 30.3 Å². The minimum absolute atomic E-state index is 0.409. The Morgan fingerprint density at radius 1 is 0.875 bits per heavy atom. The number of hydrogen-bond donors (Lipinski definition) is 2. The molecule has 0 bridgehead atoms. The molecule has 0 spiro atoms. The summed E-state index contributed by atoms with van der Waals surface area (Å²) in [5, 5.41) is 18.5. The first-order valence-electron chi connectivity index (χ1n) is 6.36. The quantitative estimate of drug-likeness (QED) is 0.766. The zero-order chi connectivity index (χ0) is 18.3. The smallest absolute Gasteiger partial charge is 0.417 e. The third kappa shape index (κ3) is 3.30. The first-order chi connectivity index (χ1) is 11.0. The van der Waals surface area contributed by atoms with Crippen LogP contribution in [-0.2, 0) is 19.0 Å². The standard InChI is InChI=1S/C15H9F7O2/c16-13-11(24)4-3-10(15(20,21)22)12(13)9-2-1-8(14(17,18)19)5-7(9)6-23/h1-5,23-24H,6H2. The SMILES string of the molecule is OCc1cc(C(F)(F)F)ccc1-c1c(C(F)(F)F)ccc(O)c1F. The maximum Gasteiger partial charge on any atom is 0.417 e. The van der Waals surface area contributed by atoms with Gasteiger partial charge in [0.1, 0.15) is 0 Å². The van der Waals surface area contributed by atoms with Crippen molar-refractivity contribution in [3.63, 3.8) is 0 Å². The van der Waals surface area contributed by atoms with Crippen LogP contribution in [0.3, 0.4) is 0 Å². The van der Waals surface area contributed by atoms with Gasteiger partial charge in [0, 0.05) is 5.56 Å². The van der Waals surface area contributed by atoms with Crippen LogP contribution in [0, 0.1) is 5.82 Å². The Morgan fingerprint density at radius 2 is 1.50 bits per heavy atom. The van der Waals surface area contributed by atoms with Crippen LogP contribution in [0.4, 0.5) is 30.7 Å². The zero-order valence-electron chi connectivity index (χ0n) is 11.6. The molecule has 0 aromatic heterocycles. The van der Waals surface area contributed by atoms with E-state index in [1.54, 1.807) is 0 Å². The molecule has 2 rings (SSSR count). The Kier molecular flexibility index (Phi) is 4.49. The predicted molar refractivity (Wildman–Crippen MR) is 69.4 cm³/mol. The molecule has 130 valence electrons. The molecule has 2 nitrogen and oxygen atoms in total. The van der Waals surface area contributed by atoms with E-state index in [2.05, 4.69) is 0 Å². The molecule has 0 aliphatic rings. The van der Waals surface area contributed by atoms with Crippen molar-refractivity contribution in [2.75, 3.05) is 0 Å². The number of aliphatic hydroxyl groups is 1. The number of alkyl halides is 6. The fourth-order valence-electron chi connectivity index (χ4n) is 2.21. The number of phenols is 1. The third-order valence-electron chi connectivity index (χ3n) is 3.30. The summed E-state index contributed by atoms with van der Waals surface area (Å²) in [6.45, 7) is -1.05. The van der Waals surface area contributed by atoms with Crippen molar-refractivity contribution in [2.24, 2.45) is 0 Å². The lowest BCUT2D eigenvalue weighted by molar-refractivity contribution is -0.138. The molecule has 0 heterocycles. The number of rotatable bonds is 2. The first kappa shape index (κ1) is 18.1. The summed E-state index contributed by atoms with van der Waals surface area (Å²) in [5.41, 5.74) is -4.96. The monoisotopic (exact) mass is 354 g/mol. The number of hydrogen-bond acceptors (Lipinski definition) is 2. The van der Waals surface area contributed by atoms with Crippen LogP contribution in [0.5, 0.6) is 5.75 Å². The van der Waals surface area contributed by atoms with Gasteiger partial charge in [0.25, 0.3) is 0 Å². The Hall–Kier alpha value is -2.29. The van der Waals surface area contributed by atoms with Gasteiger partial charge in [0.2, 0.25) is 0 Å². The lowest BCUT2D eigenvalue weighted by atomic mass is 9.93.